The summed E-state index contributed by atoms with van der Waals surface area (Å²) in [4.78, 5) is 22.0. The zero-order valence-corrected chi connectivity index (χ0v) is 11.7. The van der Waals surface area contributed by atoms with E-state index in [2.05, 4.69) is 10.5 Å². The average molecular weight is 299 g/mol. The molecule has 2 rings (SSSR count). The number of amides is 1. The molecular weight excluding hydrogens is 286 g/mol. The number of methoxy groups -OCH3 is 1. The molecule has 7 heteroatoms. The monoisotopic (exact) mass is 299 g/mol. The topological polar surface area (TPSA) is 93.8 Å². The summed E-state index contributed by atoms with van der Waals surface area (Å²) in [6, 6.07) is 12.6. The van der Waals surface area contributed by atoms with Crippen molar-refractivity contribution in [1.29, 1.82) is 0 Å². The second-order valence-corrected chi connectivity index (χ2v) is 4.25. The van der Waals surface area contributed by atoms with Crippen molar-refractivity contribution < 1.29 is 14.5 Å². The number of ether oxygens (including phenoxy) is 1. The highest BCUT2D eigenvalue weighted by atomic mass is 16.6. The summed E-state index contributed by atoms with van der Waals surface area (Å²) in [5.41, 5.74) is 3.02. The van der Waals surface area contributed by atoms with Crippen LogP contribution in [0.2, 0.25) is 0 Å². The summed E-state index contributed by atoms with van der Waals surface area (Å²) in [6.07, 6.45) is 1.44. The second-order valence-electron chi connectivity index (χ2n) is 4.25. The Bertz CT molecular complexity index is 728. The fourth-order valence-corrected chi connectivity index (χ4v) is 1.76. The fraction of sp³-hybridized carbons (Fsp3) is 0.0667. The van der Waals surface area contributed by atoms with E-state index in [1.807, 2.05) is 12.1 Å². The molecular formula is C15H13N3O4. The molecule has 7 nitrogen and oxygen atoms in total. The van der Waals surface area contributed by atoms with Gasteiger partial charge in [0.25, 0.3) is 11.6 Å². The third kappa shape index (κ3) is 3.66. The molecule has 0 saturated heterocycles. The Morgan fingerprint density at radius 1 is 1.27 bits per heavy atom. The quantitative estimate of drug-likeness (QED) is 0.521. The van der Waals surface area contributed by atoms with Gasteiger partial charge in [0, 0.05) is 23.3 Å². The molecule has 0 aromatic heterocycles. The zero-order chi connectivity index (χ0) is 15.9. The van der Waals surface area contributed by atoms with Crippen LogP contribution in [0.15, 0.2) is 53.6 Å². The van der Waals surface area contributed by atoms with Gasteiger partial charge in [0.05, 0.1) is 18.2 Å². The number of para-hydroxylation sites is 1. The number of hydrogen-bond donors (Lipinski definition) is 1. The Balaban J connectivity index is 2.08. The number of nitro benzene ring substituents is 1. The molecule has 1 amide bonds. The maximum atomic E-state index is 11.9. The predicted octanol–water partition coefficient (Wildman–Crippen LogP) is 2.37. The number of non-ortho nitro benzene ring substituents is 1. The standard InChI is InChI=1S/C15H13N3O4/c1-22-14-8-3-2-5-12(14)10-16-17-15(19)11-6-4-7-13(9-11)18(20)21/h2-10H,1H3,(H,17,19)/b16-10-. The first kappa shape index (κ1) is 15.2. The van der Waals surface area contributed by atoms with Gasteiger partial charge in [0.1, 0.15) is 5.75 Å². The number of benzene rings is 2. The third-order valence-electron chi connectivity index (χ3n) is 2.83. The van der Waals surface area contributed by atoms with Crippen LogP contribution in [0.5, 0.6) is 5.75 Å². The minimum absolute atomic E-state index is 0.152. The first-order valence-electron chi connectivity index (χ1n) is 6.32. The van der Waals surface area contributed by atoms with Crippen LogP contribution < -0.4 is 10.2 Å². The number of nitrogens with one attached hydrogen (secondary N) is 1. The smallest absolute Gasteiger partial charge is 0.271 e. The lowest BCUT2D eigenvalue weighted by atomic mass is 10.2. The number of hydrazone groups is 1. The van der Waals surface area contributed by atoms with Gasteiger partial charge < -0.3 is 4.74 Å². The van der Waals surface area contributed by atoms with Crippen molar-refractivity contribution in [1.82, 2.24) is 5.43 Å². The molecule has 0 bridgehead atoms. The molecule has 0 heterocycles. The van der Waals surface area contributed by atoms with Gasteiger partial charge in [-0.15, -0.1) is 0 Å². The van der Waals surface area contributed by atoms with Crippen molar-refractivity contribution >= 4 is 17.8 Å². The van der Waals surface area contributed by atoms with E-state index in [1.165, 1.54) is 37.6 Å². The number of nitrogens with zero attached hydrogens (tertiary/aromatic N) is 2. The van der Waals surface area contributed by atoms with Crippen LogP contribution in [-0.2, 0) is 0 Å². The number of carbonyl (C=O) groups excluding carboxylic acids is 1. The Morgan fingerprint density at radius 2 is 2.05 bits per heavy atom. The normalized spacial score (nSPS) is 10.4. The highest BCUT2D eigenvalue weighted by Crippen LogP contribution is 2.15. The minimum Gasteiger partial charge on any atom is -0.496 e. The number of rotatable bonds is 5. The maximum absolute atomic E-state index is 11.9. The van der Waals surface area contributed by atoms with Gasteiger partial charge >= 0.3 is 0 Å². The van der Waals surface area contributed by atoms with Gasteiger partial charge in [-0.2, -0.15) is 5.10 Å². The predicted molar refractivity (Wildman–Crippen MR) is 81.2 cm³/mol. The first-order chi connectivity index (χ1) is 10.6. The highest BCUT2D eigenvalue weighted by molar-refractivity contribution is 5.95. The minimum atomic E-state index is -0.561. The van der Waals surface area contributed by atoms with E-state index in [4.69, 9.17) is 4.74 Å². The van der Waals surface area contributed by atoms with Crippen molar-refractivity contribution in [2.24, 2.45) is 5.10 Å². The Hall–Kier alpha value is -3.22. The van der Waals surface area contributed by atoms with E-state index in [-0.39, 0.29) is 11.3 Å². The Labute approximate surface area is 126 Å². The van der Waals surface area contributed by atoms with Gasteiger partial charge in [-0.25, -0.2) is 5.43 Å². The van der Waals surface area contributed by atoms with Crippen LogP contribution in [0.3, 0.4) is 0 Å². The van der Waals surface area contributed by atoms with Crippen molar-refractivity contribution in [2.75, 3.05) is 7.11 Å². The average Bonchev–Trinajstić information content (AvgIpc) is 2.55. The van der Waals surface area contributed by atoms with E-state index in [1.54, 1.807) is 12.1 Å². The molecule has 112 valence electrons. The maximum Gasteiger partial charge on any atom is 0.271 e. The molecule has 0 aliphatic rings. The molecule has 0 spiro atoms. The molecule has 0 unspecified atom stereocenters. The molecule has 22 heavy (non-hydrogen) atoms. The molecule has 0 atom stereocenters. The lowest BCUT2D eigenvalue weighted by Gasteiger charge is -2.03. The van der Waals surface area contributed by atoms with Gasteiger partial charge in [-0.3, -0.25) is 14.9 Å². The lowest BCUT2D eigenvalue weighted by Crippen LogP contribution is -2.17. The van der Waals surface area contributed by atoms with Gasteiger partial charge in [-0.05, 0) is 18.2 Å². The number of nitro groups is 1. The zero-order valence-electron chi connectivity index (χ0n) is 11.7. The highest BCUT2D eigenvalue weighted by Gasteiger charge is 2.10. The summed E-state index contributed by atoms with van der Waals surface area (Å²) < 4.78 is 5.15. The second kappa shape index (κ2) is 6.98. The number of hydrogen-bond acceptors (Lipinski definition) is 5. The first-order valence-corrected chi connectivity index (χ1v) is 6.32. The van der Waals surface area contributed by atoms with Crippen LogP contribution in [0, 0.1) is 10.1 Å². The van der Waals surface area contributed by atoms with Crippen LogP contribution in [0.4, 0.5) is 5.69 Å². The molecule has 0 fully saturated rings. The summed E-state index contributed by atoms with van der Waals surface area (Å²) in [6.45, 7) is 0. The largest absolute Gasteiger partial charge is 0.496 e. The van der Waals surface area contributed by atoms with Gasteiger partial charge in [-0.1, -0.05) is 18.2 Å². The molecule has 0 saturated carbocycles. The molecule has 2 aromatic carbocycles. The Morgan fingerprint density at radius 3 is 2.77 bits per heavy atom. The van der Waals surface area contributed by atoms with E-state index in [0.717, 1.165) is 0 Å². The molecule has 0 aliphatic carbocycles. The van der Waals surface area contributed by atoms with E-state index >= 15 is 0 Å². The van der Waals surface area contributed by atoms with Crippen LogP contribution >= 0.6 is 0 Å². The molecule has 0 aliphatic heterocycles. The fourth-order valence-electron chi connectivity index (χ4n) is 1.76. The number of carbonyl (C=O) groups is 1. The summed E-state index contributed by atoms with van der Waals surface area (Å²) >= 11 is 0. The summed E-state index contributed by atoms with van der Waals surface area (Å²) in [7, 11) is 1.54. The van der Waals surface area contributed by atoms with Crippen LogP contribution in [0.25, 0.3) is 0 Å². The van der Waals surface area contributed by atoms with E-state index in [0.29, 0.717) is 11.3 Å². The van der Waals surface area contributed by atoms with E-state index < -0.39 is 10.8 Å². The Kier molecular flexibility index (Phi) is 4.81. The van der Waals surface area contributed by atoms with Crippen molar-refractivity contribution in [3.63, 3.8) is 0 Å². The molecule has 1 N–H and O–H groups in total. The van der Waals surface area contributed by atoms with Gasteiger partial charge in [0.15, 0.2) is 0 Å². The third-order valence-corrected chi connectivity index (χ3v) is 2.83. The van der Waals surface area contributed by atoms with Crippen molar-refractivity contribution in [2.45, 2.75) is 0 Å². The SMILES string of the molecule is COc1ccccc1/C=N\NC(=O)c1cccc([N+](=O)[O-])c1. The summed E-state index contributed by atoms with van der Waals surface area (Å²) in [5.74, 6) is 0.0886. The van der Waals surface area contributed by atoms with Crippen molar-refractivity contribution in [3.05, 3.63) is 69.8 Å². The van der Waals surface area contributed by atoms with E-state index in [9.17, 15) is 14.9 Å². The van der Waals surface area contributed by atoms with Crippen molar-refractivity contribution in [3.8, 4) is 5.75 Å². The van der Waals surface area contributed by atoms with Gasteiger partial charge in [0.2, 0.25) is 0 Å². The molecule has 2 aromatic rings. The lowest BCUT2D eigenvalue weighted by molar-refractivity contribution is -0.384. The van der Waals surface area contributed by atoms with Crippen LogP contribution in [0.1, 0.15) is 15.9 Å². The summed E-state index contributed by atoms with van der Waals surface area (Å²) in [5, 5.41) is 14.5. The van der Waals surface area contributed by atoms with Crippen LogP contribution in [-0.4, -0.2) is 24.2 Å². The molecule has 0 radical (unpaired) electrons.